The van der Waals surface area contributed by atoms with Gasteiger partial charge in [0.25, 0.3) is 0 Å². The molecule has 4 nitrogen and oxygen atoms in total. The molecule has 0 amide bonds. The standard InChI is InChI=1S/C10H17N3OS2/c1-14-5-4-11-7-9-12-13-10(16-9)8-3-2-6-15-8/h8,11H,2-7H2,1H3. The Hall–Kier alpha value is -0.170. The summed E-state index contributed by atoms with van der Waals surface area (Å²) in [5, 5.41) is 14.7. The largest absolute Gasteiger partial charge is 0.383 e. The van der Waals surface area contributed by atoms with Gasteiger partial charge in [-0.3, -0.25) is 0 Å². The number of hydrogen-bond acceptors (Lipinski definition) is 6. The van der Waals surface area contributed by atoms with E-state index in [1.165, 1.54) is 23.6 Å². The molecule has 2 rings (SSSR count). The molecule has 1 atom stereocenters. The molecule has 90 valence electrons. The van der Waals surface area contributed by atoms with Crippen molar-refractivity contribution in [2.45, 2.75) is 24.6 Å². The van der Waals surface area contributed by atoms with Gasteiger partial charge in [0, 0.05) is 20.2 Å². The molecule has 1 N–H and O–H groups in total. The molecule has 1 aliphatic heterocycles. The van der Waals surface area contributed by atoms with Crippen molar-refractivity contribution in [2.24, 2.45) is 0 Å². The van der Waals surface area contributed by atoms with Crippen LogP contribution >= 0.6 is 23.1 Å². The number of thioether (sulfide) groups is 1. The van der Waals surface area contributed by atoms with Gasteiger partial charge in [-0.2, -0.15) is 11.8 Å². The maximum atomic E-state index is 4.97. The van der Waals surface area contributed by atoms with E-state index in [1.807, 2.05) is 11.8 Å². The molecule has 1 fully saturated rings. The molecule has 0 aromatic carbocycles. The fourth-order valence-electron chi connectivity index (χ4n) is 1.61. The van der Waals surface area contributed by atoms with Crippen LogP contribution in [0.5, 0.6) is 0 Å². The Morgan fingerprint density at radius 1 is 1.50 bits per heavy atom. The molecule has 1 saturated heterocycles. The van der Waals surface area contributed by atoms with Crippen LogP contribution in [-0.2, 0) is 11.3 Å². The highest BCUT2D eigenvalue weighted by molar-refractivity contribution is 7.99. The van der Waals surface area contributed by atoms with Gasteiger partial charge in [0.2, 0.25) is 0 Å². The number of methoxy groups -OCH3 is 1. The average molecular weight is 259 g/mol. The molecule has 1 unspecified atom stereocenters. The van der Waals surface area contributed by atoms with Crippen molar-refractivity contribution in [3.8, 4) is 0 Å². The first-order valence-electron chi connectivity index (χ1n) is 5.53. The van der Waals surface area contributed by atoms with Crippen LogP contribution in [0.2, 0.25) is 0 Å². The van der Waals surface area contributed by atoms with Crippen LogP contribution in [-0.4, -0.2) is 36.2 Å². The minimum absolute atomic E-state index is 0.602. The van der Waals surface area contributed by atoms with E-state index in [0.717, 1.165) is 24.7 Å². The predicted molar refractivity (Wildman–Crippen MR) is 67.9 cm³/mol. The van der Waals surface area contributed by atoms with Gasteiger partial charge in [-0.15, -0.1) is 10.2 Å². The second-order valence-corrected chi connectivity index (χ2v) is 6.11. The van der Waals surface area contributed by atoms with E-state index in [2.05, 4.69) is 15.5 Å². The summed E-state index contributed by atoms with van der Waals surface area (Å²) in [5.74, 6) is 1.27. The van der Waals surface area contributed by atoms with Crippen molar-refractivity contribution in [2.75, 3.05) is 26.0 Å². The van der Waals surface area contributed by atoms with Gasteiger partial charge in [-0.1, -0.05) is 11.3 Å². The van der Waals surface area contributed by atoms with Crippen molar-refractivity contribution in [1.82, 2.24) is 15.5 Å². The molecular formula is C10H17N3OS2. The predicted octanol–water partition coefficient (Wildman–Crippen LogP) is 1.84. The summed E-state index contributed by atoms with van der Waals surface area (Å²) in [5.41, 5.74) is 0. The molecule has 2 heterocycles. The lowest BCUT2D eigenvalue weighted by molar-refractivity contribution is 0.199. The van der Waals surface area contributed by atoms with Crippen molar-refractivity contribution in [3.05, 3.63) is 10.0 Å². The summed E-state index contributed by atoms with van der Waals surface area (Å²) >= 11 is 3.75. The van der Waals surface area contributed by atoms with Crippen LogP contribution in [0.25, 0.3) is 0 Å². The molecule has 0 bridgehead atoms. The number of ether oxygens (including phenoxy) is 1. The van der Waals surface area contributed by atoms with Crippen LogP contribution in [0.4, 0.5) is 0 Å². The third-order valence-corrected chi connectivity index (χ3v) is 5.02. The van der Waals surface area contributed by atoms with Gasteiger partial charge in [-0.25, -0.2) is 0 Å². The van der Waals surface area contributed by atoms with E-state index in [1.54, 1.807) is 18.4 Å². The zero-order valence-corrected chi connectivity index (χ0v) is 11.1. The topological polar surface area (TPSA) is 47.0 Å². The van der Waals surface area contributed by atoms with Crippen LogP contribution in [0.1, 0.15) is 28.1 Å². The minimum Gasteiger partial charge on any atom is -0.383 e. The molecule has 0 spiro atoms. The van der Waals surface area contributed by atoms with Crippen molar-refractivity contribution >= 4 is 23.1 Å². The van der Waals surface area contributed by atoms with Crippen LogP contribution < -0.4 is 5.32 Å². The monoisotopic (exact) mass is 259 g/mol. The summed E-state index contributed by atoms with van der Waals surface area (Å²) < 4.78 is 4.97. The Kier molecular flexibility index (Phi) is 5.02. The fourth-order valence-corrected chi connectivity index (χ4v) is 3.93. The summed E-state index contributed by atoms with van der Waals surface area (Å²) in [6.45, 7) is 2.41. The highest BCUT2D eigenvalue weighted by atomic mass is 32.2. The maximum Gasteiger partial charge on any atom is 0.131 e. The summed E-state index contributed by atoms with van der Waals surface area (Å²) in [6.07, 6.45) is 2.58. The van der Waals surface area contributed by atoms with Gasteiger partial charge in [0.1, 0.15) is 10.0 Å². The Bertz CT molecular complexity index is 313. The van der Waals surface area contributed by atoms with E-state index in [-0.39, 0.29) is 0 Å². The summed E-state index contributed by atoms with van der Waals surface area (Å²) in [6, 6.07) is 0. The number of hydrogen-bond donors (Lipinski definition) is 1. The lowest BCUT2D eigenvalue weighted by atomic mass is 10.3. The van der Waals surface area contributed by atoms with Crippen molar-refractivity contribution in [1.29, 1.82) is 0 Å². The molecule has 1 aromatic rings. The average Bonchev–Trinajstić information content (AvgIpc) is 2.94. The Morgan fingerprint density at radius 2 is 2.44 bits per heavy atom. The minimum atomic E-state index is 0.602. The molecule has 6 heteroatoms. The lowest BCUT2D eigenvalue weighted by Crippen LogP contribution is -2.18. The van der Waals surface area contributed by atoms with E-state index < -0.39 is 0 Å². The molecular weight excluding hydrogens is 242 g/mol. The number of nitrogens with zero attached hydrogens (tertiary/aromatic N) is 2. The van der Waals surface area contributed by atoms with E-state index in [0.29, 0.717) is 5.25 Å². The van der Waals surface area contributed by atoms with E-state index in [4.69, 9.17) is 4.74 Å². The molecule has 0 radical (unpaired) electrons. The molecule has 0 aliphatic carbocycles. The molecule has 1 aliphatic rings. The zero-order valence-electron chi connectivity index (χ0n) is 9.44. The Balaban J connectivity index is 1.77. The SMILES string of the molecule is COCCNCc1nnc(C2CCCS2)s1. The van der Waals surface area contributed by atoms with Gasteiger partial charge < -0.3 is 10.1 Å². The lowest BCUT2D eigenvalue weighted by Gasteiger charge is -2.01. The van der Waals surface area contributed by atoms with Gasteiger partial charge in [-0.05, 0) is 18.6 Å². The second kappa shape index (κ2) is 6.54. The first kappa shape index (κ1) is 12.3. The first-order chi connectivity index (χ1) is 7.90. The zero-order chi connectivity index (χ0) is 11.2. The smallest absolute Gasteiger partial charge is 0.131 e. The second-order valence-electron chi connectivity index (χ2n) is 3.71. The maximum absolute atomic E-state index is 4.97. The van der Waals surface area contributed by atoms with Gasteiger partial charge >= 0.3 is 0 Å². The van der Waals surface area contributed by atoms with Crippen LogP contribution in [0, 0.1) is 0 Å². The number of nitrogens with one attached hydrogen (secondary N) is 1. The highest BCUT2D eigenvalue weighted by Gasteiger charge is 2.21. The summed E-state index contributed by atoms with van der Waals surface area (Å²) in [7, 11) is 1.71. The molecule has 1 aromatic heterocycles. The first-order valence-corrected chi connectivity index (χ1v) is 7.40. The van der Waals surface area contributed by atoms with Crippen molar-refractivity contribution < 1.29 is 4.74 Å². The Labute approximate surface area is 104 Å². The summed E-state index contributed by atoms with van der Waals surface area (Å²) in [4.78, 5) is 0. The van der Waals surface area contributed by atoms with E-state index >= 15 is 0 Å². The van der Waals surface area contributed by atoms with Crippen LogP contribution in [0.3, 0.4) is 0 Å². The van der Waals surface area contributed by atoms with Gasteiger partial charge in [0.15, 0.2) is 0 Å². The Morgan fingerprint density at radius 3 is 3.19 bits per heavy atom. The quantitative estimate of drug-likeness (QED) is 0.790. The normalized spacial score (nSPS) is 20.4. The van der Waals surface area contributed by atoms with E-state index in [9.17, 15) is 0 Å². The molecule has 16 heavy (non-hydrogen) atoms. The third kappa shape index (κ3) is 3.41. The number of aromatic nitrogens is 2. The fraction of sp³-hybridized carbons (Fsp3) is 0.800. The third-order valence-electron chi connectivity index (χ3n) is 2.45. The highest BCUT2D eigenvalue weighted by Crippen LogP contribution is 2.40. The van der Waals surface area contributed by atoms with Gasteiger partial charge in [0.05, 0.1) is 11.9 Å². The number of rotatable bonds is 6. The van der Waals surface area contributed by atoms with Crippen molar-refractivity contribution in [3.63, 3.8) is 0 Å². The van der Waals surface area contributed by atoms with Crippen LogP contribution in [0.15, 0.2) is 0 Å². The molecule has 0 saturated carbocycles.